The van der Waals surface area contributed by atoms with Gasteiger partial charge in [0.1, 0.15) is 36.2 Å². The van der Waals surface area contributed by atoms with E-state index in [1.54, 1.807) is 19.1 Å². The van der Waals surface area contributed by atoms with Crippen LogP contribution in [0.5, 0.6) is 0 Å². The van der Waals surface area contributed by atoms with Crippen LogP contribution in [0.15, 0.2) is 61.5 Å². The normalized spacial score (nSPS) is 14.5. The average molecular weight is 472 g/mol. The summed E-state index contributed by atoms with van der Waals surface area (Å²) in [4.78, 5) is 3.88. The predicted molar refractivity (Wildman–Crippen MR) is 117 cm³/mol. The van der Waals surface area contributed by atoms with Crippen LogP contribution in [-0.4, -0.2) is 40.1 Å². The maximum absolute atomic E-state index is 14.6. The molecule has 0 fully saturated rings. The molecule has 0 aliphatic rings. The van der Waals surface area contributed by atoms with Gasteiger partial charge in [0.15, 0.2) is 0 Å². The molecule has 0 aliphatic heterocycles. The van der Waals surface area contributed by atoms with Crippen LogP contribution < -0.4 is 0 Å². The summed E-state index contributed by atoms with van der Waals surface area (Å²) in [7, 11) is 0. The first kappa shape index (κ1) is 22.7. The Morgan fingerprint density at radius 2 is 2.03 bits per heavy atom. The standard InChI is InChI=1S/C22H20ClF2N7O/c1-15(3-2-4-16-5-8-21(19(23)9-16)32-14-27-29-30-32)22(33,11-31-13-26-12-28-31)18-7-6-17(24)10-20(18)25/h2,4-10,12-15,33H,3,11H2,1H3/b4-2+/t15-,22+/m0/s1. The van der Waals surface area contributed by atoms with E-state index in [0.29, 0.717) is 17.1 Å². The van der Waals surface area contributed by atoms with Crippen molar-refractivity contribution in [1.29, 1.82) is 0 Å². The number of halogens is 3. The Morgan fingerprint density at radius 3 is 2.70 bits per heavy atom. The second-order valence-corrected chi connectivity index (χ2v) is 8.05. The van der Waals surface area contributed by atoms with Gasteiger partial charge >= 0.3 is 0 Å². The second-order valence-electron chi connectivity index (χ2n) is 7.65. The summed E-state index contributed by atoms with van der Waals surface area (Å²) < 4.78 is 31.0. The zero-order chi connectivity index (χ0) is 23.4. The minimum absolute atomic E-state index is 0.00543. The molecular weight excluding hydrogens is 452 g/mol. The van der Waals surface area contributed by atoms with Crippen LogP contribution in [0.25, 0.3) is 11.8 Å². The molecular formula is C22H20ClF2N7O. The number of tetrazole rings is 1. The van der Waals surface area contributed by atoms with E-state index < -0.39 is 23.2 Å². The smallest absolute Gasteiger partial charge is 0.143 e. The van der Waals surface area contributed by atoms with Gasteiger partial charge < -0.3 is 5.11 Å². The molecule has 2 aromatic carbocycles. The highest BCUT2D eigenvalue weighted by molar-refractivity contribution is 6.32. The lowest BCUT2D eigenvalue weighted by Gasteiger charge is -2.34. The minimum Gasteiger partial charge on any atom is -0.383 e. The molecule has 2 atom stereocenters. The maximum atomic E-state index is 14.6. The van der Waals surface area contributed by atoms with Crippen molar-refractivity contribution in [3.63, 3.8) is 0 Å². The Hall–Kier alpha value is -3.50. The van der Waals surface area contributed by atoms with Gasteiger partial charge in [0.05, 0.1) is 17.3 Å². The zero-order valence-corrected chi connectivity index (χ0v) is 18.3. The Morgan fingerprint density at radius 1 is 1.18 bits per heavy atom. The van der Waals surface area contributed by atoms with Crippen LogP contribution in [0.3, 0.4) is 0 Å². The quantitative estimate of drug-likeness (QED) is 0.420. The van der Waals surface area contributed by atoms with E-state index in [4.69, 9.17) is 11.6 Å². The number of aromatic nitrogens is 7. The Labute approximate surface area is 193 Å². The molecule has 0 aliphatic carbocycles. The SMILES string of the molecule is C[C@@H](C/C=C/c1ccc(-n2cnnn2)c(Cl)c1)[C@](O)(Cn1cncn1)c1ccc(F)cc1F. The lowest BCUT2D eigenvalue weighted by Crippen LogP contribution is -2.39. The third-order valence-corrected chi connectivity index (χ3v) is 5.75. The predicted octanol–water partition coefficient (Wildman–Crippen LogP) is 3.81. The number of nitrogens with zero attached hydrogens (tertiary/aromatic N) is 7. The molecule has 2 heterocycles. The lowest BCUT2D eigenvalue weighted by molar-refractivity contribution is -0.0379. The van der Waals surface area contributed by atoms with Gasteiger partial charge in [0, 0.05) is 11.6 Å². The Kier molecular flexibility index (Phi) is 6.57. The second kappa shape index (κ2) is 9.55. The number of aliphatic hydroxyl groups is 1. The van der Waals surface area contributed by atoms with Crippen LogP contribution in [0.4, 0.5) is 8.78 Å². The van der Waals surface area contributed by atoms with Crippen molar-refractivity contribution >= 4 is 17.7 Å². The summed E-state index contributed by atoms with van der Waals surface area (Å²) in [5, 5.41) is 27.1. The van der Waals surface area contributed by atoms with Gasteiger partial charge in [-0.2, -0.15) is 9.78 Å². The van der Waals surface area contributed by atoms with Crippen molar-refractivity contribution in [1.82, 2.24) is 35.0 Å². The topological polar surface area (TPSA) is 94.5 Å². The molecule has 2 aromatic heterocycles. The third-order valence-electron chi connectivity index (χ3n) is 5.45. The lowest BCUT2D eigenvalue weighted by atomic mass is 9.80. The molecule has 4 rings (SSSR count). The van der Waals surface area contributed by atoms with E-state index in [1.807, 2.05) is 18.2 Å². The van der Waals surface area contributed by atoms with Crippen molar-refractivity contribution < 1.29 is 13.9 Å². The van der Waals surface area contributed by atoms with Gasteiger partial charge in [-0.3, -0.25) is 0 Å². The van der Waals surface area contributed by atoms with Gasteiger partial charge in [-0.25, -0.2) is 18.4 Å². The fourth-order valence-corrected chi connectivity index (χ4v) is 3.87. The highest BCUT2D eigenvalue weighted by Gasteiger charge is 2.38. The van der Waals surface area contributed by atoms with Crippen LogP contribution in [0, 0.1) is 17.6 Å². The first-order valence-corrected chi connectivity index (χ1v) is 10.4. The fraction of sp³-hybridized carbons (Fsp3) is 0.227. The molecule has 0 amide bonds. The van der Waals surface area contributed by atoms with Crippen LogP contribution in [-0.2, 0) is 12.1 Å². The third kappa shape index (κ3) is 4.96. The summed E-state index contributed by atoms with van der Waals surface area (Å²) in [6.07, 6.45) is 8.32. The van der Waals surface area contributed by atoms with Gasteiger partial charge in [0.2, 0.25) is 0 Å². The van der Waals surface area contributed by atoms with Crippen molar-refractivity contribution in [3.8, 4) is 5.69 Å². The van der Waals surface area contributed by atoms with Crippen LogP contribution in [0.1, 0.15) is 24.5 Å². The van der Waals surface area contributed by atoms with E-state index >= 15 is 0 Å². The number of rotatable bonds is 8. The average Bonchev–Trinajstić information content (AvgIpc) is 3.48. The molecule has 0 unspecified atom stereocenters. The molecule has 33 heavy (non-hydrogen) atoms. The number of hydrogen-bond donors (Lipinski definition) is 1. The maximum Gasteiger partial charge on any atom is 0.143 e. The molecule has 170 valence electrons. The molecule has 0 saturated carbocycles. The van der Waals surface area contributed by atoms with E-state index in [1.165, 1.54) is 34.4 Å². The van der Waals surface area contributed by atoms with Gasteiger partial charge in [-0.05, 0) is 46.5 Å². The number of hydrogen-bond acceptors (Lipinski definition) is 6. The molecule has 8 nitrogen and oxygen atoms in total. The Balaban J connectivity index is 1.55. The summed E-state index contributed by atoms with van der Waals surface area (Å²) in [6.45, 7) is 1.74. The Bertz CT molecular complexity index is 1250. The van der Waals surface area contributed by atoms with E-state index in [0.717, 1.165) is 17.7 Å². The molecule has 1 N–H and O–H groups in total. The monoisotopic (exact) mass is 471 g/mol. The zero-order valence-electron chi connectivity index (χ0n) is 17.6. The molecule has 0 bridgehead atoms. The van der Waals surface area contributed by atoms with Crippen molar-refractivity contribution in [2.45, 2.75) is 25.5 Å². The highest BCUT2D eigenvalue weighted by atomic mass is 35.5. The first-order valence-electron chi connectivity index (χ1n) is 10.1. The molecule has 4 aromatic rings. The summed E-state index contributed by atoms with van der Waals surface area (Å²) in [5.41, 5.74) is -0.190. The summed E-state index contributed by atoms with van der Waals surface area (Å²) in [5.74, 6) is -1.98. The number of allylic oxidation sites excluding steroid dienone is 1. The van der Waals surface area contributed by atoms with Crippen molar-refractivity contribution in [3.05, 3.63) is 89.2 Å². The van der Waals surface area contributed by atoms with Crippen molar-refractivity contribution in [2.24, 2.45) is 5.92 Å². The van der Waals surface area contributed by atoms with Gasteiger partial charge in [-0.1, -0.05) is 42.8 Å². The summed E-state index contributed by atoms with van der Waals surface area (Å²) >= 11 is 6.35. The fourth-order valence-electron chi connectivity index (χ4n) is 3.60. The van der Waals surface area contributed by atoms with Crippen molar-refractivity contribution in [2.75, 3.05) is 0 Å². The molecule has 0 saturated heterocycles. The van der Waals surface area contributed by atoms with Gasteiger partial charge in [0.25, 0.3) is 0 Å². The molecule has 0 spiro atoms. The molecule has 11 heteroatoms. The van der Waals surface area contributed by atoms with Crippen LogP contribution in [0.2, 0.25) is 5.02 Å². The molecule has 0 radical (unpaired) electrons. The van der Waals surface area contributed by atoms with E-state index in [2.05, 4.69) is 25.6 Å². The van der Waals surface area contributed by atoms with Crippen LogP contribution >= 0.6 is 11.6 Å². The van der Waals surface area contributed by atoms with Gasteiger partial charge in [-0.15, -0.1) is 5.10 Å². The van der Waals surface area contributed by atoms with E-state index in [-0.39, 0.29) is 12.1 Å². The van der Waals surface area contributed by atoms with E-state index in [9.17, 15) is 13.9 Å². The largest absolute Gasteiger partial charge is 0.383 e. The summed E-state index contributed by atoms with van der Waals surface area (Å²) in [6, 6.07) is 8.56. The highest BCUT2D eigenvalue weighted by Crippen LogP contribution is 2.36. The first-order chi connectivity index (χ1) is 15.9. The minimum atomic E-state index is -1.66. The number of benzene rings is 2.